The van der Waals surface area contributed by atoms with Gasteiger partial charge in [0.15, 0.2) is 0 Å². The van der Waals surface area contributed by atoms with E-state index in [4.69, 9.17) is 14.6 Å². The molecule has 2 rings (SSSR count). The first-order valence-electron chi connectivity index (χ1n) is 5.44. The van der Waals surface area contributed by atoms with Gasteiger partial charge in [-0.1, -0.05) is 15.9 Å². The molecular weight excluding hydrogens is 312 g/mol. The lowest BCUT2D eigenvalue weighted by Crippen LogP contribution is -1.96. The van der Waals surface area contributed by atoms with Gasteiger partial charge in [-0.25, -0.2) is 4.79 Å². The summed E-state index contributed by atoms with van der Waals surface area (Å²) in [7, 11) is 1.59. The molecule has 5 heteroatoms. The fourth-order valence-electron chi connectivity index (χ4n) is 1.52. The first-order valence-corrected chi connectivity index (χ1v) is 6.23. The third-order valence-electron chi connectivity index (χ3n) is 2.41. The molecule has 0 aliphatic heterocycles. The molecule has 0 saturated heterocycles. The van der Waals surface area contributed by atoms with Crippen LogP contribution in [0, 0.1) is 0 Å². The molecule has 0 unspecified atom stereocenters. The molecule has 1 N–H and O–H groups in total. The van der Waals surface area contributed by atoms with Crippen molar-refractivity contribution in [2.45, 2.75) is 0 Å². The number of methoxy groups -OCH3 is 1. The lowest BCUT2D eigenvalue weighted by Gasteiger charge is -2.08. The van der Waals surface area contributed by atoms with Crippen LogP contribution in [0.1, 0.15) is 10.4 Å². The molecule has 0 bridgehead atoms. The summed E-state index contributed by atoms with van der Waals surface area (Å²) in [6.45, 7) is 0. The number of carboxylic acids is 1. The quantitative estimate of drug-likeness (QED) is 0.926. The Morgan fingerprint density at radius 1 is 1.05 bits per heavy atom. The largest absolute Gasteiger partial charge is 0.497 e. The molecule has 0 atom stereocenters. The van der Waals surface area contributed by atoms with Crippen LogP contribution in [-0.4, -0.2) is 18.2 Å². The molecule has 2 aromatic rings. The average Bonchev–Trinajstić information content (AvgIpc) is 2.39. The van der Waals surface area contributed by atoms with Crippen molar-refractivity contribution in [2.75, 3.05) is 7.11 Å². The van der Waals surface area contributed by atoms with E-state index in [0.717, 1.165) is 5.75 Å². The number of aromatic carboxylic acids is 1. The molecule has 0 heterocycles. The number of ether oxygens (including phenoxy) is 2. The van der Waals surface area contributed by atoms with Gasteiger partial charge in [0.1, 0.15) is 17.2 Å². The van der Waals surface area contributed by atoms with Crippen molar-refractivity contribution in [1.82, 2.24) is 0 Å². The minimum Gasteiger partial charge on any atom is -0.497 e. The second kappa shape index (κ2) is 5.75. The molecule has 0 radical (unpaired) electrons. The number of halogens is 1. The second-order valence-corrected chi connectivity index (χ2v) is 4.67. The van der Waals surface area contributed by atoms with Gasteiger partial charge < -0.3 is 14.6 Å². The van der Waals surface area contributed by atoms with Gasteiger partial charge in [-0.05, 0) is 42.5 Å². The van der Waals surface area contributed by atoms with Crippen molar-refractivity contribution in [1.29, 1.82) is 0 Å². The van der Waals surface area contributed by atoms with E-state index in [1.165, 1.54) is 12.1 Å². The normalized spacial score (nSPS) is 10.0. The summed E-state index contributed by atoms with van der Waals surface area (Å²) in [6, 6.07) is 11.7. The topological polar surface area (TPSA) is 55.8 Å². The minimum absolute atomic E-state index is 0.165. The van der Waals surface area contributed by atoms with Gasteiger partial charge >= 0.3 is 5.97 Å². The van der Waals surface area contributed by atoms with E-state index in [1.54, 1.807) is 37.4 Å². The molecule has 2 aromatic carbocycles. The van der Waals surface area contributed by atoms with Crippen LogP contribution in [0.4, 0.5) is 0 Å². The fourth-order valence-corrected chi connectivity index (χ4v) is 2.00. The second-order valence-electron chi connectivity index (χ2n) is 3.76. The molecule has 4 nitrogen and oxygen atoms in total. The molecule has 98 valence electrons. The van der Waals surface area contributed by atoms with Crippen LogP contribution < -0.4 is 9.47 Å². The Balaban J connectivity index is 2.24. The van der Waals surface area contributed by atoms with Crippen LogP contribution in [-0.2, 0) is 0 Å². The zero-order valence-electron chi connectivity index (χ0n) is 10.1. The Morgan fingerprint density at radius 3 is 2.26 bits per heavy atom. The van der Waals surface area contributed by atoms with Gasteiger partial charge in [0.25, 0.3) is 0 Å². The Morgan fingerprint density at radius 2 is 1.68 bits per heavy atom. The number of rotatable bonds is 4. The molecule has 0 spiro atoms. The highest BCUT2D eigenvalue weighted by Crippen LogP contribution is 2.27. The van der Waals surface area contributed by atoms with Crippen molar-refractivity contribution >= 4 is 21.9 Å². The molecule has 0 saturated carbocycles. The van der Waals surface area contributed by atoms with E-state index in [0.29, 0.717) is 16.0 Å². The molecule has 19 heavy (non-hydrogen) atoms. The van der Waals surface area contributed by atoms with Crippen molar-refractivity contribution in [3.8, 4) is 17.2 Å². The Kier molecular flexibility index (Phi) is 4.06. The van der Waals surface area contributed by atoms with Gasteiger partial charge in [-0.2, -0.15) is 0 Å². The van der Waals surface area contributed by atoms with Crippen molar-refractivity contribution in [3.05, 3.63) is 52.5 Å². The molecule has 0 aliphatic carbocycles. The maximum atomic E-state index is 10.9. The van der Waals surface area contributed by atoms with Gasteiger partial charge in [-0.3, -0.25) is 0 Å². The molecule has 0 aliphatic rings. The van der Waals surface area contributed by atoms with Crippen LogP contribution in [0.3, 0.4) is 0 Å². The van der Waals surface area contributed by atoms with Crippen LogP contribution in [0.5, 0.6) is 17.2 Å². The number of hydrogen-bond donors (Lipinski definition) is 1. The summed E-state index contributed by atoms with van der Waals surface area (Å²) in [5.74, 6) is 0.792. The zero-order valence-corrected chi connectivity index (χ0v) is 11.7. The Bertz CT molecular complexity index is 593. The highest BCUT2D eigenvalue weighted by atomic mass is 79.9. The van der Waals surface area contributed by atoms with Crippen molar-refractivity contribution < 1.29 is 19.4 Å². The lowest BCUT2D eigenvalue weighted by molar-refractivity contribution is 0.0696. The summed E-state index contributed by atoms with van der Waals surface area (Å²) in [5, 5.41) is 8.98. The summed E-state index contributed by atoms with van der Waals surface area (Å²) in [5.41, 5.74) is 0.165. The maximum absolute atomic E-state index is 10.9. The minimum atomic E-state index is -0.999. The smallest absolute Gasteiger partial charge is 0.335 e. The monoisotopic (exact) mass is 322 g/mol. The first-order chi connectivity index (χ1) is 9.08. The van der Waals surface area contributed by atoms with E-state index in [2.05, 4.69) is 15.9 Å². The van der Waals surface area contributed by atoms with Crippen molar-refractivity contribution in [3.63, 3.8) is 0 Å². The molecule has 0 amide bonds. The summed E-state index contributed by atoms with van der Waals surface area (Å²) in [6.07, 6.45) is 0. The average molecular weight is 323 g/mol. The number of benzene rings is 2. The SMILES string of the molecule is COc1ccc(Oc2cc(Br)cc(C(=O)O)c2)cc1. The predicted molar refractivity (Wildman–Crippen MR) is 74.2 cm³/mol. The third kappa shape index (κ3) is 3.48. The van der Waals surface area contributed by atoms with Gasteiger partial charge in [-0.15, -0.1) is 0 Å². The lowest BCUT2D eigenvalue weighted by atomic mass is 10.2. The Labute approximate surface area is 118 Å². The fraction of sp³-hybridized carbons (Fsp3) is 0.0714. The molecular formula is C14H11BrO4. The van der Waals surface area contributed by atoms with Crippen molar-refractivity contribution in [2.24, 2.45) is 0 Å². The van der Waals surface area contributed by atoms with Gasteiger partial charge in [0, 0.05) is 4.47 Å². The molecule has 0 fully saturated rings. The van der Waals surface area contributed by atoms with E-state index in [-0.39, 0.29) is 5.56 Å². The highest BCUT2D eigenvalue weighted by molar-refractivity contribution is 9.10. The van der Waals surface area contributed by atoms with E-state index >= 15 is 0 Å². The van der Waals surface area contributed by atoms with E-state index in [1.807, 2.05) is 0 Å². The maximum Gasteiger partial charge on any atom is 0.335 e. The number of carboxylic acid groups (broad SMARTS) is 1. The summed E-state index contributed by atoms with van der Waals surface area (Å²) in [4.78, 5) is 10.9. The standard InChI is InChI=1S/C14H11BrO4/c1-18-11-2-4-12(5-3-11)19-13-7-9(14(16)17)6-10(15)8-13/h2-8H,1H3,(H,16,17). The summed E-state index contributed by atoms with van der Waals surface area (Å²) >= 11 is 3.25. The highest BCUT2D eigenvalue weighted by Gasteiger charge is 2.07. The van der Waals surface area contributed by atoms with Gasteiger partial charge in [0.2, 0.25) is 0 Å². The van der Waals surface area contributed by atoms with Crippen LogP contribution >= 0.6 is 15.9 Å². The number of hydrogen-bond acceptors (Lipinski definition) is 3. The predicted octanol–water partition coefficient (Wildman–Crippen LogP) is 3.95. The molecule has 0 aromatic heterocycles. The van der Waals surface area contributed by atoms with Gasteiger partial charge in [0.05, 0.1) is 12.7 Å². The van der Waals surface area contributed by atoms with Crippen LogP contribution in [0.25, 0.3) is 0 Å². The summed E-state index contributed by atoms with van der Waals surface area (Å²) < 4.78 is 11.3. The first kappa shape index (κ1) is 13.4. The van der Waals surface area contributed by atoms with Crippen LogP contribution in [0.15, 0.2) is 46.9 Å². The van der Waals surface area contributed by atoms with E-state index < -0.39 is 5.97 Å². The Hall–Kier alpha value is -2.01. The van der Waals surface area contributed by atoms with E-state index in [9.17, 15) is 4.79 Å². The van der Waals surface area contributed by atoms with Crippen LogP contribution in [0.2, 0.25) is 0 Å². The number of carbonyl (C=O) groups is 1. The zero-order chi connectivity index (χ0) is 13.8. The third-order valence-corrected chi connectivity index (χ3v) is 2.87.